The minimum Gasteiger partial charge on any atom is -0.481 e. The highest BCUT2D eigenvalue weighted by atomic mass is 16.4. The highest BCUT2D eigenvalue weighted by Crippen LogP contribution is 2.23. The molecule has 0 aromatic carbocycles. The number of carboxylic acid groups (broad SMARTS) is 1. The molecule has 0 saturated carbocycles. The fourth-order valence-corrected chi connectivity index (χ4v) is 1.82. The summed E-state index contributed by atoms with van der Waals surface area (Å²) in [6.45, 7) is 6.73. The van der Waals surface area contributed by atoms with Crippen LogP contribution in [-0.2, 0) is 17.9 Å². The van der Waals surface area contributed by atoms with Gasteiger partial charge in [-0.05, 0) is 33.6 Å². The van der Waals surface area contributed by atoms with Crippen molar-refractivity contribution in [2.45, 2.75) is 53.1 Å². The van der Waals surface area contributed by atoms with Crippen molar-refractivity contribution in [2.24, 2.45) is 5.41 Å². The van der Waals surface area contributed by atoms with Crippen LogP contribution in [0.2, 0.25) is 0 Å². The average Bonchev–Trinajstić information content (AvgIpc) is 2.65. The SMILES string of the molecule is CCn1ccn(CCCCC(C)(C)C(=O)O)c1=O. The van der Waals surface area contributed by atoms with Gasteiger partial charge in [0.15, 0.2) is 0 Å². The number of hydrogen-bond acceptors (Lipinski definition) is 2. The number of hydrogen-bond donors (Lipinski definition) is 1. The molecule has 0 fully saturated rings. The monoisotopic (exact) mass is 254 g/mol. The highest BCUT2D eigenvalue weighted by Gasteiger charge is 2.25. The number of aliphatic carboxylic acids is 1. The van der Waals surface area contributed by atoms with E-state index in [0.717, 1.165) is 12.8 Å². The van der Waals surface area contributed by atoms with Crippen LogP contribution < -0.4 is 5.69 Å². The van der Waals surface area contributed by atoms with E-state index in [1.807, 2.05) is 6.92 Å². The number of carbonyl (C=O) groups is 1. The Kier molecular flexibility index (Phi) is 4.76. The molecular formula is C13H22N2O3. The topological polar surface area (TPSA) is 64.2 Å². The van der Waals surface area contributed by atoms with Crippen molar-refractivity contribution in [1.29, 1.82) is 0 Å². The van der Waals surface area contributed by atoms with E-state index in [1.54, 1.807) is 35.4 Å². The second kappa shape index (κ2) is 5.89. The van der Waals surface area contributed by atoms with Gasteiger partial charge in [-0.15, -0.1) is 0 Å². The van der Waals surface area contributed by atoms with E-state index < -0.39 is 11.4 Å². The quantitative estimate of drug-likeness (QED) is 0.756. The molecule has 5 heteroatoms. The lowest BCUT2D eigenvalue weighted by Crippen LogP contribution is -2.25. The predicted molar refractivity (Wildman–Crippen MR) is 69.6 cm³/mol. The number of rotatable bonds is 7. The Labute approximate surface area is 107 Å². The van der Waals surface area contributed by atoms with Gasteiger partial charge in [-0.25, -0.2) is 4.79 Å². The zero-order chi connectivity index (χ0) is 13.8. The number of unbranched alkanes of at least 4 members (excludes halogenated alkanes) is 1. The first-order valence-corrected chi connectivity index (χ1v) is 6.37. The normalized spacial score (nSPS) is 11.7. The van der Waals surface area contributed by atoms with Gasteiger partial charge in [0.1, 0.15) is 0 Å². The molecule has 102 valence electrons. The molecule has 0 saturated heterocycles. The molecule has 1 rings (SSSR count). The highest BCUT2D eigenvalue weighted by molar-refractivity contribution is 5.73. The van der Waals surface area contributed by atoms with Crippen molar-refractivity contribution in [3.05, 3.63) is 22.9 Å². The first-order valence-electron chi connectivity index (χ1n) is 6.37. The van der Waals surface area contributed by atoms with Crippen molar-refractivity contribution in [3.63, 3.8) is 0 Å². The van der Waals surface area contributed by atoms with Crippen LogP contribution in [0.1, 0.15) is 40.0 Å². The standard InChI is InChI=1S/C13H22N2O3/c1-4-14-9-10-15(12(14)18)8-6-5-7-13(2,3)11(16)17/h9-10H,4-8H2,1-3H3,(H,16,17). The van der Waals surface area contributed by atoms with E-state index in [9.17, 15) is 9.59 Å². The zero-order valence-corrected chi connectivity index (χ0v) is 11.3. The van der Waals surface area contributed by atoms with Gasteiger partial charge >= 0.3 is 11.7 Å². The number of aryl methyl sites for hydroxylation is 2. The minimum absolute atomic E-state index is 0.00925. The van der Waals surface area contributed by atoms with Gasteiger partial charge in [0, 0.05) is 25.5 Å². The molecule has 0 radical (unpaired) electrons. The minimum atomic E-state index is -0.767. The summed E-state index contributed by atoms with van der Waals surface area (Å²) in [6.07, 6.45) is 5.83. The average molecular weight is 254 g/mol. The third kappa shape index (κ3) is 3.48. The van der Waals surface area contributed by atoms with Gasteiger partial charge in [0.05, 0.1) is 5.41 Å². The first kappa shape index (κ1) is 14.5. The van der Waals surface area contributed by atoms with E-state index in [1.165, 1.54) is 0 Å². The molecule has 0 unspecified atom stereocenters. The maximum atomic E-state index is 11.7. The van der Waals surface area contributed by atoms with Crippen LogP contribution in [0, 0.1) is 5.41 Å². The second-order valence-electron chi connectivity index (χ2n) is 5.21. The van der Waals surface area contributed by atoms with Crippen LogP contribution in [0.4, 0.5) is 0 Å². The second-order valence-corrected chi connectivity index (χ2v) is 5.21. The Bertz CT molecular complexity index is 457. The van der Waals surface area contributed by atoms with Crippen molar-refractivity contribution in [1.82, 2.24) is 9.13 Å². The van der Waals surface area contributed by atoms with Crippen LogP contribution in [0.15, 0.2) is 17.2 Å². The van der Waals surface area contributed by atoms with E-state index >= 15 is 0 Å². The third-order valence-electron chi connectivity index (χ3n) is 3.29. The Hall–Kier alpha value is -1.52. The van der Waals surface area contributed by atoms with Gasteiger partial charge in [-0.3, -0.25) is 13.9 Å². The van der Waals surface area contributed by atoms with Crippen LogP contribution in [0.25, 0.3) is 0 Å². The lowest BCUT2D eigenvalue weighted by Gasteiger charge is -2.18. The molecule has 1 N–H and O–H groups in total. The summed E-state index contributed by atoms with van der Waals surface area (Å²) in [5, 5.41) is 8.98. The molecular weight excluding hydrogens is 232 g/mol. The zero-order valence-electron chi connectivity index (χ0n) is 11.3. The first-order chi connectivity index (χ1) is 8.38. The molecule has 1 aromatic rings. The van der Waals surface area contributed by atoms with Crippen molar-refractivity contribution < 1.29 is 9.90 Å². The largest absolute Gasteiger partial charge is 0.481 e. The van der Waals surface area contributed by atoms with E-state index in [0.29, 0.717) is 19.5 Å². The molecule has 1 aromatic heterocycles. The molecule has 5 nitrogen and oxygen atoms in total. The number of imidazole rings is 1. The van der Waals surface area contributed by atoms with E-state index in [-0.39, 0.29) is 5.69 Å². The third-order valence-corrected chi connectivity index (χ3v) is 3.29. The fraction of sp³-hybridized carbons (Fsp3) is 0.692. The summed E-state index contributed by atoms with van der Waals surface area (Å²) < 4.78 is 3.33. The predicted octanol–water partition coefficient (Wildman–Crippen LogP) is 1.95. The summed E-state index contributed by atoms with van der Waals surface area (Å²) in [6, 6.07) is 0. The van der Waals surface area contributed by atoms with Crippen LogP contribution in [0.3, 0.4) is 0 Å². The molecule has 0 aliphatic rings. The lowest BCUT2D eigenvalue weighted by atomic mass is 9.87. The summed E-state index contributed by atoms with van der Waals surface area (Å²) in [4.78, 5) is 22.7. The maximum Gasteiger partial charge on any atom is 0.328 e. The van der Waals surface area contributed by atoms with Crippen LogP contribution in [-0.4, -0.2) is 20.2 Å². The van der Waals surface area contributed by atoms with Gasteiger partial charge in [0.25, 0.3) is 0 Å². The summed E-state index contributed by atoms with van der Waals surface area (Å²) >= 11 is 0. The number of aromatic nitrogens is 2. The van der Waals surface area contributed by atoms with E-state index in [2.05, 4.69) is 0 Å². The molecule has 0 atom stereocenters. The molecule has 1 heterocycles. The van der Waals surface area contributed by atoms with Gasteiger partial charge in [-0.1, -0.05) is 6.42 Å². The van der Waals surface area contributed by atoms with Crippen LogP contribution in [0.5, 0.6) is 0 Å². The number of nitrogens with zero attached hydrogens (tertiary/aromatic N) is 2. The number of carboxylic acids is 1. The van der Waals surface area contributed by atoms with Gasteiger partial charge in [-0.2, -0.15) is 0 Å². The smallest absolute Gasteiger partial charge is 0.328 e. The Morgan fingerprint density at radius 1 is 1.28 bits per heavy atom. The Morgan fingerprint density at radius 2 is 1.89 bits per heavy atom. The van der Waals surface area contributed by atoms with Gasteiger partial charge < -0.3 is 5.11 Å². The molecule has 0 bridgehead atoms. The lowest BCUT2D eigenvalue weighted by molar-refractivity contribution is -0.147. The molecule has 0 aliphatic carbocycles. The van der Waals surface area contributed by atoms with Gasteiger partial charge in [0.2, 0.25) is 0 Å². The van der Waals surface area contributed by atoms with E-state index in [4.69, 9.17) is 5.11 Å². The molecule has 0 aliphatic heterocycles. The van der Waals surface area contributed by atoms with Crippen LogP contribution >= 0.6 is 0 Å². The Balaban J connectivity index is 2.41. The van der Waals surface area contributed by atoms with Crippen molar-refractivity contribution >= 4 is 5.97 Å². The summed E-state index contributed by atoms with van der Waals surface area (Å²) in [7, 11) is 0. The molecule has 0 spiro atoms. The molecule has 18 heavy (non-hydrogen) atoms. The summed E-state index contributed by atoms with van der Waals surface area (Å²) in [5.41, 5.74) is -0.671. The van der Waals surface area contributed by atoms with Crippen molar-refractivity contribution in [3.8, 4) is 0 Å². The van der Waals surface area contributed by atoms with Crippen molar-refractivity contribution in [2.75, 3.05) is 0 Å². The fourth-order valence-electron chi connectivity index (χ4n) is 1.82. The Morgan fingerprint density at radius 3 is 2.39 bits per heavy atom. The summed E-state index contributed by atoms with van der Waals surface area (Å²) in [5.74, 6) is -0.767. The molecule has 0 amide bonds. The maximum absolute atomic E-state index is 11.7.